The topological polar surface area (TPSA) is 95.5 Å². The highest BCUT2D eigenvalue weighted by Crippen LogP contribution is 2.22. The first-order valence-electron chi connectivity index (χ1n) is 4.92. The molecular formula is C9H16N2O4S2. The number of aliphatic carboxylic acids is 1. The molecule has 0 aliphatic rings. The van der Waals surface area contributed by atoms with Crippen molar-refractivity contribution >= 4 is 39.4 Å². The number of carboxylic acid groups (broad SMARTS) is 1. The molecule has 1 atom stereocenters. The average Bonchev–Trinajstić information content (AvgIpc) is 2.25. The van der Waals surface area contributed by atoms with Crippen LogP contribution < -0.4 is 10.6 Å². The third-order valence-electron chi connectivity index (χ3n) is 1.68. The van der Waals surface area contributed by atoms with Crippen LogP contribution in [0.2, 0.25) is 0 Å². The van der Waals surface area contributed by atoms with Gasteiger partial charge in [0.05, 0.1) is 0 Å². The van der Waals surface area contributed by atoms with Crippen LogP contribution in [0, 0.1) is 0 Å². The van der Waals surface area contributed by atoms with Gasteiger partial charge in [-0.05, 0) is 0 Å². The SMILES string of the molecule is CNC(=O)CCSSCC(NC(C)=O)C(=O)O. The minimum Gasteiger partial charge on any atom is -0.480 e. The molecule has 1 unspecified atom stereocenters. The normalized spacial score (nSPS) is 11.6. The van der Waals surface area contributed by atoms with Gasteiger partial charge in [0.25, 0.3) is 0 Å². The number of rotatable bonds is 8. The lowest BCUT2D eigenvalue weighted by molar-refractivity contribution is -0.140. The molecule has 0 aliphatic heterocycles. The fraction of sp³-hybridized carbons (Fsp3) is 0.667. The second-order valence-electron chi connectivity index (χ2n) is 3.12. The van der Waals surface area contributed by atoms with Crippen molar-refractivity contribution < 1.29 is 19.5 Å². The quantitative estimate of drug-likeness (QED) is 0.431. The molecule has 98 valence electrons. The molecule has 17 heavy (non-hydrogen) atoms. The summed E-state index contributed by atoms with van der Waals surface area (Å²) in [6, 6.07) is -0.884. The zero-order valence-corrected chi connectivity index (χ0v) is 11.3. The molecule has 0 aromatic rings. The van der Waals surface area contributed by atoms with E-state index in [9.17, 15) is 14.4 Å². The van der Waals surface area contributed by atoms with Crippen molar-refractivity contribution in [1.82, 2.24) is 10.6 Å². The van der Waals surface area contributed by atoms with Gasteiger partial charge < -0.3 is 15.7 Å². The van der Waals surface area contributed by atoms with Gasteiger partial charge in [-0.1, -0.05) is 21.6 Å². The third-order valence-corrected chi connectivity index (χ3v) is 4.10. The van der Waals surface area contributed by atoms with Crippen LogP contribution in [0.5, 0.6) is 0 Å². The standard InChI is InChI=1S/C9H16N2O4S2/c1-6(12)11-7(9(14)15)5-17-16-4-3-8(13)10-2/h7H,3-5H2,1-2H3,(H,10,13)(H,11,12)(H,14,15). The lowest BCUT2D eigenvalue weighted by atomic mass is 10.3. The zero-order valence-electron chi connectivity index (χ0n) is 9.69. The first-order chi connectivity index (χ1) is 7.97. The second kappa shape index (κ2) is 9.17. The van der Waals surface area contributed by atoms with Crippen LogP contribution in [0.25, 0.3) is 0 Å². The van der Waals surface area contributed by atoms with Gasteiger partial charge in [0.15, 0.2) is 0 Å². The van der Waals surface area contributed by atoms with E-state index in [2.05, 4.69) is 10.6 Å². The lowest BCUT2D eigenvalue weighted by Crippen LogP contribution is -2.41. The Morgan fingerprint density at radius 3 is 2.41 bits per heavy atom. The monoisotopic (exact) mass is 280 g/mol. The largest absolute Gasteiger partial charge is 0.480 e. The van der Waals surface area contributed by atoms with E-state index in [4.69, 9.17) is 5.11 Å². The minimum absolute atomic E-state index is 0.0465. The fourth-order valence-electron chi connectivity index (χ4n) is 0.854. The van der Waals surface area contributed by atoms with Crippen molar-refractivity contribution in [2.24, 2.45) is 0 Å². The molecule has 0 rings (SSSR count). The van der Waals surface area contributed by atoms with E-state index in [1.165, 1.54) is 28.5 Å². The number of amides is 2. The molecule has 0 bridgehead atoms. The molecule has 0 saturated heterocycles. The van der Waals surface area contributed by atoms with Gasteiger partial charge in [0, 0.05) is 31.9 Å². The van der Waals surface area contributed by atoms with Gasteiger partial charge in [-0.2, -0.15) is 0 Å². The van der Waals surface area contributed by atoms with Crippen LogP contribution >= 0.6 is 21.6 Å². The summed E-state index contributed by atoms with van der Waals surface area (Å²) in [5.41, 5.74) is 0. The molecular weight excluding hydrogens is 264 g/mol. The van der Waals surface area contributed by atoms with E-state index in [-0.39, 0.29) is 17.6 Å². The Kier molecular flexibility index (Phi) is 8.69. The number of hydrogen-bond donors (Lipinski definition) is 3. The Bertz CT molecular complexity index is 286. The molecule has 0 aromatic carbocycles. The predicted octanol–water partition coefficient (Wildman–Crippen LogP) is 0.0932. The van der Waals surface area contributed by atoms with Gasteiger partial charge in [-0.3, -0.25) is 9.59 Å². The highest BCUT2D eigenvalue weighted by atomic mass is 33.1. The van der Waals surface area contributed by atoms with Crippen LogP contribution in [0.15, 0.2) is 0 Å². The summed E-state index contributed by atoms with van der Waals surface area (Å²) in [4.78, 5) is 32.4. The maximum absolute atomic E-state index is 10.9. The molecule has 0 spiro atoms. The van der Waals surface area contributed by atoms with E-state index >= 15 is 0 Å². The first kappa shape index (κ1) is 16.1. The summed E-state index contributed by atoms with van der Waals surface area (Å²) < 4.78 is 0. The van der Waals surface area contributed by atoms with Crippen molar-refractivity contribution in [3.8, 4) is 0 Å². The summed E-state index contributed by atoms with van der Waals surface area (Å²) >= 11 is 0. The summed E-state index contributed by atoms with van der Waals surface area (Å²) in [6.07, 6.45) is 0.395. The van der Waals surface area contributed by atoms with E-state index < -0.39 is 12.0 Å². The summed E-state index contributed by atoms with van der Waals surface area (Å²) in [6.45, 7) is 1.28. The molecule has 0 radical (unpaired) electrons. The predicted molar refractivity (Wildman–Crippen MR) is 68.8 cm³/mol. The van der Waals surface area contributed by atoms with Gasteiger partial charge in [0.2, 0.25) is 11.8 Å². The Morgan fingerprint density at radius 2 is 1.94 bits per heavy atom. The molecule has 0 heterocycles. The maximum Gasteiger partial charge on any atom is 0.327 e. The maximum atomic E-state index is 10.9. The van der Waals surface area contributed by atoms with Gasteiger partial charge in [0.1, 0.15) is 6.04 Å². The molecule has 6 nitrogen and oxygen atoms in total. The number of nitrogens with one attached hydrogen (secondary N) is 2. The van der Waals surface area contributed by atoms with Crippen molar-refractivity contribution in [3.05, 3.63) is 0 Å². The lowest BCUT2D eigenvalue weighted by Gasteiger charge is -2.11. The average molecular weight is 280 g/mol. The highest BCUT2D eigenvalue weighted by Gasteiger charge is 2.18. The molecule has 0 saturated carbocycles. The first-order valence-corrected chi connectivity index (χ1v) is 7.41. The van der Waals surface area contributed by atoms with Crippen molar-refractivity contribution in [3.63, 3.8) is 0 Å². The molecule has 0 fully saturated rings. The summed E-state index contributed by atoms with van der Waals surface area (Å²) in [5, 5.41) is 13.6. The van der Waals surface area contributed by atoms with Gasteiger partial charge in [-0.15, -0.1) is 0 Å². The number of carbonyl (C=O) groups excluding carboxylic acids is 2. The van der Waals surface area contributed by atoms with E-state index in [1.807, 2.05) is 0 Å². The van der Waals surface area contributed by atoms with E-state index in [0.717, 1.165) is 0 Å². The molecule has 0 aromatic heterocycles. The zero-order chi connectivity index (χ0) is 13.3. The van der Waals surface area contributed by atoms with Gasteiger partial charge in [-0.25, -0.2) is 4.79 Å². The summed E-state index contributed by atoms with van der Waals surface area (Å²) in [7, 11) is 4.30. The van der Waals surface area contributed by atoms with Crippen molar-refractivity contribution in [2.45, 2.75) is 19.4 Å². The Labute approximate surface area is 108 Å². The minimum atomic E-state index is -1.06. The highest BCUT2D eigenvalue weighted by molar-refractivity contribution is 8.76. The fourth-order valence-corrected chi connectivity index (χ4v) is 3.00. The van der Waals surface area contributed by atoms with Crippen LogP contribution in [0.1, 0.15) is 13.3 Å². The van der Waals surface area contributed by atoms with Crippen molar-refractivity contribution in [1.29, 1.82) is 0 Å². The van der Waals surface area contributed by atoms with E-state index in [1.54, 1.807) is 7.05 Å². The molecule has 3 N–H and O–H groups in total. The molecule has 8 heteroatoms. The Morgan fingerprint density at radius 1 is 1.29 bits per heavy atom. The Balaban J connectivity index is 3.72. The molecule has 2 amide bonds. The third kappa shape index (κ3) is 8.87. The van der Waals surface area contributed by atoms with Crippen LogP contribution in [-0.4, -0.2) is 47.5 Å². The van der Waals surface area contributed by atoms with Crippen LogP contribution in [0.4, 0.5) is 0 Å². The van der Waals surface area contributed by atoms with Crippen LogP contribution in [-0.2, 0) is 14.4 Å². The second-order valence-corrected chi connectivity index (χ2v) is 5.75. The number of hydrogen-bond acceptors (Lipinski definition) is 5. The van der Waals surface area contributed by atoms with Crippen LogP contribution in [0.3, 0.4) is 0 Å². The number of carboxylic acids is 1. The smallest absolute Gasteiger partial charge is 0.327 e. The summed E-state index contributed by atoms with van der Waals surface area (Å²) in [5.74, 6) is -0.591. The van der Waals surface area contributed by atoms with E-state index in [0.29, 0.717) is 12.2 Å². The van der Waals surface area contributed by atoms with Crippen molar-refractivity contribution in [2.75, 3.05) is 18.6 Å². The van der Waals surface area contributed by atoms with Gasteiger partial charge >= 0.3 is 5.97 Å². The molecule has 0 aliphatic carbocycles. The Hall–Kier alpha value is -0.890. The number of carbonyl (C=O) groups is 3.